The van der Waals surface area contributed by atoms with Crippen molar-refractivity contribution in [3.8, 4) is 5.75 Å². The molecule has 0 aliphatic carbocycles. The van der Waals surface area contributed by atoms with Crippen LogP contribution in [0.1, 0.15) is 18.4 Å². The van der Waals surface area contributed by atoms with Crippen molar-refractivity contribution in [2.45, 2.75) is 19.3 Å². The van der Waals surface area contributed by atoms with Crippen molar-refractivity contribution in [1.82, 2.24) is 4.90 Å². The minimum Gasteiger partial charge on any atom is -0.495 e. The first-order valence-electron chi connectivity index (χ1n) is 9.07. The molecule has 0 radical (unpaired) electrons. The third-order valence-corrected chi connectivity index (χ3v) is 5.35. The van der Waals surface area contributed by atoms with Gasteiger partial charge in [0.25, 0.3) is 0 Å². The number of nitrogens with zero attached hydrogens (tertiary/aromatic N) is 1. The van der Waals surface area contributed by atoms with E-state index in [1.54, 1.807) is 7.11 Å². The highest BCUT2D eigenvalue weighted by atomic mass is 35.5. The predicted molar refractivity (Wildman–Crippen MR) is 106 cm³/mol. The molecular formula is C21H25ClN2O2. The van der Waals surface area contributed by atoms with Gasteiger partial charge < -0.3 is 15.0 Å². The number of para-hydroxylation sites is 2. The Bertz CT molecular complexity index is 742. The van der Waals surface area contributed by atoms with Gasteiger partial charge >= 0.3 is 0 Å². The molecule has 1 amide bonds. The lowest BCUT2D eigenvalue weighted by Gasteiger charge is -2.31. The van der Waals surface area contributed by atoms with Crippen LogP contribution in [0.4, 0.5) is 5.69 Å². The van der Waals surface area contributed by atoms with Crippen LogP contribution in [0, 0.1) is 5.92 Å². The van der Waals surface area contributed by atoms with E-state index < -0.39 is 0 Å². The molecule has 0 bridgehead atoms. The molecule has 0 saturated carbocycles. The highest BCUT2D eigenvalue weighted by Gasteiger charge is 2.25. The van der Waals surface area contributed by atoms with Gasteiger partial charge in [-0.3, -0.25) is 4.79 Å². The summed E-state index contributed by atoms with van der Waals surface area (Å²) >= 11 is 6.23. The molecule has 2 aromatic rings. The minimum absolute atomic E-state index is 0.0523. The fourth-order valence-corrected chi connectivity index (χ4v) is 3.61. The largest absolute Gasteiger partial charge is 0.495 e. The van der Waals surface area contributed by atoms with Crippen molar-refractivity contribution < 1.29 is 9.53 Å². The number of likely N-dealkylation sites (tertiary alicyclic amines) is 1. The molecule has 1 N–H and O–H groups in total. The van der Waals surface area contributed by atoms with E-state index in [0.29, 0.717) is 5.75 Å². The molecule has 0 atom stereocenters. The second kappa shape index (κ2) is 9.06. The van der Waals surface area contributed by atoms with E-state index in [9.17, 15) is 4.79 Å². The Labute approximate surface area is 160 Å². The highest BCUT2D eigenvalue weighted by molar-refractivity contribution is 6.31. The number of piperidine rings is 1. The Balaban J connectivity index is 1.47. The molecule has 1 aliphatic rings. The van der Waals surface area contributed by atoms with Crippen LogP contribution in [-0.2, 0) is 11.2 Å². The Morgan fingerprint density at radius 3 is 2.58 bits per heavy atom. The Kier molecular flexibility index (Phi) is 6.53. The molecule has 4 nitrogen and oxygen atoms in total. The van der Waals surface area contributed by atoms with E-state index in [-0.39, 0.29) is 11.8 Å². The molecule has 1 aliphatic heterocycles. The van der Waals surface area contributed by atoms with E-state index >= 15 is 0 Å². The molecule has 138 valence electrons. The minimum atomic E-state index is 0.0523. The van der Waals surface area contributed by atoms with Gasteiger partial charge in [-0.1, -0.05) is 41.9 Å². The summed E-state index contributed by atoms with van der Waals surface area (Å²) in [7, 11) is 1.61. The normalized spacial score (nSPS) is 15.6. The summed E-state index contributed by atoms with van der Waals surface area (Å²) in [6.07, 6.45) is 2.70. The van der Waals surface area contributed by atoms with Gasteiger partial charge in [-0.15, -0.1) is 0 Å². The molecule has 0 aromatic heterocycles. The van der Waals surface area contributed by atoms with Crippen molar-refractivity contribution in [1.29, 1.82) is 0 Å². The third-order valence-electron chi connectivity index (χ3n) is 4.98. The molecule has 5 heteroatoms. The zero-order valence-electron chi connectivity index (χ0n) is 15.1. The molecular weight excluding hydrogens is 348 g/mol. The fourth-order valence-electron chi connectivity index (χ4n) is 3.38. The fraction of sp³-hybridized carbons (Fsp3) is 0.381. The van der Waals surface area contributed by atoms with Gasteiger partial charge in [-0.25, -0.2) is 0 Å². The topological polar surface area (TPSA) is 41.6 Å². The number of benzene rings is 2. The van der Waals surface area contributed by atoms with Gasteiger partial charge in [0.1, 0.15) is 5.75 Å². The van der Waals surface area contributed by atoms with Crippen LogP contribution in [0.5, 0.6) is 5.75 Å². The van der Waals surface area contributed by atoms with Crippen LogP contribution < -0.4 is 10.1 Å². The van der Waals surface area contributed by atoms with Gasteiger partial charge in [0.2, 0.25) is 5.91 Å². The van der Waals surface area contributed by atoms with Gasteiger partial charge in [-0.2, -0.15) is 0 Å². The second-order valence-electron chi connectivity index (χ2n) is 6.65. The molecule has 2 aromatic carbocycles. The van der Waals surface area contributed by atoms with Crippen molar-refractivity contribution in [3.63, 3.8) is 0 Å². The zero-order chi connectivity index (χ0) is 18.4. The Hall–Kier alpha value is -2.04. The van der Waals surface area contributed by atoms with Crippen molar-refractivity contribution in [3.05, 3.63) is 59.1 Å². The highest BCUT2D eigenvalue weighted by Crippen LogP contribution is 2.26. The predicted octanol–water partition coefficient (Wildman–Crippen LogP) is 4.24. The summed E-state index contributed by atoms with van der Waals surface area (Å²) in [6.45, 7) is 2.85. The molecule has 0 spiro atoms. The number of carbonyl (C=O) groups is 1. The third kappa shape index (κ3) is 4.77. The van der Waals surface area contributed by atoms with Gasteiger partial charge in [0, 0.05) is 17.5 Å². The smallest absolute Gasteiger partial charge is 0.227 e. The SMILES string of the molecule is COc1ccccc1NC(=O)C1CCN(CCc2ccccc2Cl)CC1. The molecule has 0 unspecified atom stereocenters. The number of amides is 1. The number of ether oxygens (including phenoxy) is 1. The number of halogens is 1. The summed E-state index contributed by atoms with van der Waals surface area (Å²) < 4.78 is 5.30. The maximum atomic E-state index is 12.6. The van der Waals surface area contributed by atoms with E-state index in [0.717, 1.165) is 49.6 Å². The summed E-state index contributed by atoms with van der Waals surface area (Å²) in [5, 5.41) is 3.84. The van der Waals surface area contributed by atoms with Crippen molar-refractivity contribution in [2.24, 2.45) is 5.92 Å². The number of methoxy groups -OCH3 is 1. The van der Waals surface area contributed by atoms with E-state index in [1.807, 2.05) is 42.5 Å². The first kappa shape index (κ1) is 18.7. The molecule has 3 rings (SSSR count). The number of rotatable bonds is 6. The first-order chi connectivity index (χ1) is 12.7. The summed E-state index contributed by atoms with van der Waals surface area (Å²) in [5.41, 5.74) is 1.92. The number of nitrogens with one attached hydrogen (secondary N) is 1. The maximum absolute atomic E-state index is 12.6. The lowest BCUT2D eigenvalue weighted by molar-refractivity contribution is -0.121. The van der Waals surface area contributed by atoms with Crippen LogP contribution in [0.15, 0.2) is 48.5 Å². The van der Waals surface area contributed by atoms with Crippen LogP contribution >= 0.6 is 11.6 Å². The van der Waals surface area contributed by atoms with Gasteiger partial charge in [0.05, 0.1) is 12.8 Å². The molecule has 26 heavy (non-hydrogen) atoms. The first-order valence-corrected chi connectivity index (χ1v) is 9.45. The van der Waals surface area contributed by atoms with Crippen LogP contribution in [0.3, 0.4) is 0 Å². The number of hydrogen-bond acceptors (Lipinski definition) is 3. The quantitative estimate of drug-likeness (QED) is 0.824. The number of hydrogen-bond donors (Lipinski definition) is 1. The van der Waals surface area contributed by atoms with E-state index in [1.165, 1.54) is 5.56 Å². The average molecular weight is 373 g/mol. The summed E-state index contributed by atoms with van der Waals surface area (Å²) in [4.78, 5) is 15.0. The monoisotopic (exact) mass is 372 g/mol. The summed E-state index contributed by atoms with van der Waals surface area (Å²) in [6, 6.07) is 15.5. The van der Waals surface area contributed by atoms with Crippen molar-refractivity contribution in [2.75, 3.05) is 32.1 Å². The van der Waals surface area contributed by atoms with E-state index in [2.05, 4.69) is 16.3 Å². The van der Waals surface area contributed by atoms with Crippen LogP contribution in [-0.4, -0.2) is 37.6 Å². The standard InChI is InChI=1S/C21H25ClN2O2/c1-26-20-9-5-4-8-19(20)23-21(25)17-11-14-24(15-12-17)13-10-16-6-2-3-7-18(16)22/h2-9,17H,10-15H2,1H3,(H,23,25). The zero-order valence-corrected chi connectivity index (χ0v) is 15.8. The number of anilines is 1. The average Bonchev–Trinajstić information content (AvgIpc) is 2.68. The maximum Gasteiger partial charge on any atom is 0.227 e. The van der Waals surface area contributed by atoms with Gasteiger partial charge in [-0.05, 0) is 56.1 Å². The number of carbonyl (C=O) groups excluding carboxylic acids is 1. The second-order valence-corrected chi connectivity index (χ2v) is 7.05. The lowest BCUT2D eigenvalue weighted by atomic mass is 9.95. The van der Waals surface area contributed by atoms with Crippen LogP contribution in [0.2, 0.25) is 5.02 Å². The van der Waals surface area contributed by atoms with Crippen molar-refractivity contribution >= 4 is 23.2 Å². The van der Waals surface area contributed by atoms with E-state index in [4.69, 9.17) is 16.3 Å². The summed E-state index contributed by atoms with van der Waals surface area (Å²) in [5.74, 6) is 0.828. The Morgan fingerprint density at radius 1 is 1.15 bits per heavy atom. The molecule has 1 saturated heterocycles. The van der Waals surface area contributed by atoms with Gasteiger partial charge in [0.15, 0.2) is 0 Å². The van der Waals surface area contributed by atoms with Crippen LogP contribution in [0.25, 0.3) is 0 Å². The lowest BCUT2D eigenvalue weighted by Crippen LogP contribution is -2.39. The molecule has 1 heterocycles. The molecule has 1 fully saturated rings. The Morgan fingerprint density at radius 2 is 1.85 bits per heavy atom.